The van der Waals surface area contributed by atoms with E-state index in [0.29, 0.717) is 109 Å². The molecule has 14 N–H and O–H groups in total. The maximum Gasteiger partial charge on any atom is 0.326 e. The van der Waals surface area contributed by atoms with Gasteiger partial charge in [-0.05, 0) is 117 Å². The lowest BCUT2D eigenvalue weighted by molar-refractivity contribution is -0.144. The van der Waals surface area contributed by atoms with Crippen LogP contribution in [0, 0.1) is 17.8 Å². The molecule has 0 aromatic carbocycles. The SMILES string of the molecule is CC(=O)[C@H](CCCCNC(=O)[C@@H](N)CCCCCC(=O)CC[C@H](NC(=O)CCCCCCCCCCCCCCCCC(=O)O)C(=O)O)CC(=O)[C@H](CCCCNC(=O)[C@@H](N)CCCCNC(=O)CC[C@H](CC(=O)CCCCCCCCCCCCCCCCC(=O)O)C(=O)O)CC(=O)C(C)(C)N. The summed E-state index contributed by atoms with van der Waals surface area (Å²) >= 11 is 0. The maximum atomic E-state index is 13.8. The van der Waals surface area contributed by atoms with Gasteiger partial charge in [-0.3, -0.25) is 57.5 Å². The topological polar surface area (TPSA) is 429 Å². The molecule has 0 unspecified atom stereocenters. The van der Waals surface area contributed by atoms with Crippen LogP contribution in [0.25, 0.3) is 0 Å². The van der Waals surface area contributed by atoms with Gasteiger partial charge in [0.25, 0.3) is 0 Å². The molecule has 0 aliphatic heterocycles. The highest BCUT2D eigenvalue weighted by atomic mass is 16.4. The van der Waals surface area contributed by atoms with Crippen LogP contribution in [0.5, 0.6) is 0 Å². The Morgan fingerprint density at radius 2 is 0.689 bits per heavy atom. The summed E-state index contributed by atoms with van der Waals surface area (Å²) < 4.78 is 0. The molecule has 594 valence electrons. The molecule has 0 aromatic heterocycles. The second-order valence-electron chi connectivity index (χ2n) is 29.8. The second-order valence-corrected chi connectivity index (χ2v) is 29.8. The van der Waals surface area contributed by atoms with E-state index in [1.165, 1.54) is 71.1 Å². The Morgan fingerprint density at radius 3 is 1.09 bits per heavy atom. The highest BCUT2D eigenvalue weighted by molar-refractivity contribution is 5.94. The summed E-state index contributed by atoms with van der Waals surface area (Å²) in [6.45, 7) is 5.50. The lowest BCUT2D eigenvalue weighted by Gasteiger charge is -2.23. The first-order valence-electron chi connectivity index (χ1n) is 40.0. The number of nitrogens with one attached hydrogen (secondary N) is 4. The summed E-state index contributed by atoms with van der Waals surface area (Å²) in [5.74, 6) is -8.11. The molecule has 4 amide bonds. The van der Waals surface area contributed by atoms with Gasteiger partial charge in [0.15, 0.2) is 5.78 Å². The van der Waals surface area contributed by atoms with Gasteiger partial charge < -0.3 is 58.9 Å². The van der Waals surface area contributed by atoms with Crippen molar-refractivity contribution in [3.05, 3.63) is 0 Å². The van der Waals surface area contributed by atoms with Gasteiger partial charge in [0, 0.05) is 95.7 Å². The Kier molecular flexibility index (Phi) is 59.6. The standard InChI is InChI=1S/C79H141N7O17/c1-60(87)61(41-35-38-55-84-75(98)66(80)45-31-28-30-43-64(88)51-52-68(78(102)103)86-72(93)47-32-25-21-17-13-9-5-7-11-15-19-23-27-34-49-74(96)97)58-69(90)62(59-70(91)79(2,3)82)42-36-39-56-85-76(99)67(81)46-37-40-54-83-71(92)53-50-63(77(100)101)57-65(89)44-29-24-20-16-12-8-4-6-10-14-18-22-26-33-48-73(94)95/h61-63,66-68H,4-59,80-82H2,1-3H3,(H,83,92)(H,84,98)(H,85,99)(H,86,93)(H,94,95)(H,96,97)(H,100,101)(H,102,103)/t61-,62-,63-,66+,67+,68+/m1/s1. The fourth-order valence-electron chi connectivity index (χ4n) is 12.7. The van der Waals surface area contributed by atoms with Crippen molar-refractivity contribution in [2.75, 3.05) is 19.6 Å². The molecule has 0 radical (unpaired) electrons. The molecule has 0 rings (SSSR count). The number of carbonyl (C=O) groups excluding carboxylic acids is 9. The number of carbonyl (C=O) groups is 13. The zero-order chi connectivity index (χ0) is 76.9. The number of amides is 4. The van der Waals surface area contributed by atoms with Crippen LogP contribution in [-0.4, -0.2) is 140 Å². The predicted octanol–water partition coefficient (Wildman–Crippen LogP) is 12.9. The normalized spacial score (nSPS) is 13.2. The van der Waals surface area contributed by atoms with E-state index in [-0.39, 0.29) is 130 Å². The second kappa shape index (κ2) is 63.3. The smallest absolute Gasteiger partial charge is 0.326 e. The summed E-state index contributed by atoms with van der Waals surface area (Å²) in [5, 5.41) is 47.9. The van der Waals surface area contributed by atoms with Crippen molar-refractivity contribution in [1.29, 1.82) is 0 Å². The molecule has 24 heteroatoms. The summed E-state index contributed by atoms with van der Waals surface area (Å²) in [4.78, 5) is 161. The van der Waals surface area contributed by atoms with Gasteiger partial charge in [0.2, 0.25) is 23.6 Å². The maximum absolute atomic E-state index is 13.8. The number of hydrogen-bond acceptors (Lipinski definition) is 16. The summed E-state index contributed by atoms with van der Waals surface area (Å²) in [7, 11) is 0. The van der Waals surface area contributed by atoms with Gasteiger partial charge in [-0.2, -0.15) is 0 Å². The van der Waals surface area contributed by atoms with Gasteiger partial charge in [-0.25, -0.2) is 4.79 Å². The average Bonchev–Trinajstić information content (AvgIpc) is 0.871. The molecule has 0 saturated carbocycles. The van der Waals surface area contributed by atoms with Gasteiger partial charge in [0.1, 0.15) is 29.2 Å². The number of unbranched alkanes of at least 4 members (excludes halogenated alkanes) is 31. The summed E-state index contributed by atoms with van der Waals surface area (Å²) in [5.41, 5.74) is 17.3. The van der Waals surface area contributed by atoms with Crippen LogP contribution in [0.15, 0.2) is 0 Å². The van der Waals surface area contributed by atoms with E-state index in [1.54, 1.807) is 13.8 Å². The quantitative estimate of drug-likeness (QED) is 0.0252. The van der Waals surface area contributed by atoms with Crippen LogP contribution < -0.4 is 38.5 Å². The highest BCUT2D eigenvalue weighted by Crippen LogP contribution is 2.25. The van der Waals surface area contributed by atoms with E-state index in [1.807, 2.05) is 0 Å². The average molecular weight is 1460 g/mol. The molecule has 0 bridgehead atoms. The van der Waals surface area contributed by atoms with Gasteiger partial charge in [-0.1, -0.05) is 180 Å². The van der Waals surface area contributed by atoms with Crippen molar-refractivity contribution >= 4 is 76.4 Å². The number of Topliss-reactive ketones (excluding diaryl/α,β-unsaturated/α-hetero) is 5. The van der Waals surface area contributed by atoms with Crippen LogP contribution in [0.3, 0.4) is 0 Å². The van der Waals surface area contributed by atoms with Gasteiger partial charge in [-0.15, -0.1) is 0 Å². The number of hydrogen-bond donors (Lipinski definition) is 11. The van der Waals surface area contributed by atoms with Crippen LogP contribution in [0.4, 0.5) is 0 Å². The van der Waals surface area contributed by atoms with E-state index < -0.39 is 65.3 Å². The number of carboxylic acids is 4. The van der Waals surface area contributed by atoms with Crippen molar-refractivity contribution in [3.8, 4) is 0 Å². The van der Waals surface area contributed by atoms with Crippen molar-refractivity contribution in [2.45, 2.75) is 385 Å². The number of nitrogens with two attached hydrogens (primary N) is 3. The van der Waals surface area contributed by atoms with E-state index in [0.717, 1.165) is 109 Å². The first kappa shape index (κ1) is 97.0. The third kappa shape index (κ3) is 58.9. The Bertz CT molecular complexity index is 2420. The number of aliphatic carboxylic acids is 4. The minimum absolute atomic E-state index is 0.00924. The molecule has 0 aliphatic rings. The molecule has 24 nitrogen and oxygen atoms in total. The van der Waals surface area contributed by atoms with Gasteiger partial charge in [0.05, 0.1) is 23.5 Å². The minimum Gasteiger partial charge on any atom is -0.481 e. The van der Waals surface area contributed by atoms with E-state index in [2.05, 4.69) is 21.3 Å². The Morgan fingerprint density at radius 1 is 0.330 bits per heavy atom. The molecule has 0 aromatic rings. The molecular formula is C79H141N7O17. The van der Waals surface area contributed by atoms with Crippen LogP contribution in [-0.2, 0) is 62.3 Å². The number of rotatable bonds is 75. The first-order valence-corrected chi connectivity index (χ1v) is 40.0. The Labute approximate surface area is 617 Å². The highest BCUT2D eigenvalue weighted by Gasteiger charge is 2.31. The van der Waals surface area contributed by atoms with Crippen molar-refractivity contribution in [1.82, 2.24) is 21.3 Å². The van der Waals surface area contributed by atoms with E-state index >= 15 is 0 Å². The van der Waals surface area contributed by atoms with E-state index in [4.69, 9.17) is 27.4 Å². The van der Waals surface area contributed by atoms with Crippen LogP contribution in [0.2, 0.25) is 0 Å². The minimum atomic E-state index is -1.18. The predicted molar refractivity (Wildman–Crippen MR) is 402 cm³/mol. The molecule has 6 atom stereocenters. The molecular weight excluding hydrogens is 1320 g/mol. The van der Waals surface area contributed by atoms with Gasteiger partial charge >= 0.3 is 23.9 Å². The third-order valence-corrected chi connectivity index (χ3v) is 19.6. The molecule has 0 heterocycles. The largest absolute Gasteiger partial charge is 0.481 e. The van der Waals surface area contributed by atoms with Crippen molar-refractivity contribution in [2.24, 2.45) is 35.0 Å². The summed E-state index contributed by atoms with van der Waals surface area (Å²) in [6.07, 6.45) is 37.4. The van der Waals surface area contributed by atoms with E-state index in [9.17, 15) is 72.5 Å². The number of ketones is 5. The lowest BCUT2D eigenvalue weighted by atomic mass is 9.82. The number of carboxylic acid groups (broad SMARTS) is 4. The van der Waals surface area contributed by atoms with Crippen molar-refractivity contribution in [3.63, 3.8) is 0 Å². The zero-order valence-electron chi connectivity index (χ0n) is 63.9. The zero-order valence-corrected chi connectivity index (χ0v) is 63.9. The fraction of sp³-hybridized carbons (Fsp3) is 0.835. The van der Waals surface area contributed by atoms with Crippen LogP contribution >= 0.6 is 0 Å². The molecule has 103 heavy (non-hydrogen) atoms. The van der Waals surface area contributed by atoms with Crippen LogP contribution in [0.1, 0.15) is 361 Å². The molecule has 0 fully saturated rings. The molecule has 0 saturated heterocycles. The lowest BCUT2D eigenvalue weighted by Crippen LogP contribution is -2.43. The first-order chi connectivity index (χ1) is 49.1. The summed E-state index contributed by atoms with van der Waals surface area (Å²) in [6, 6.07) is -2.70. The molecule has 0 spiro atoms. The molecule has 0 aliphatic carbocycles. The van der Waals surface area contributed by atoms with Crippen molar-refractivity contribution < 1.29 is 82.8 Å². The Hall–Kier alpha value is -6.01. The Balaban J connectivity index is 4.47. The monoisotopic (exact) mass is 1460 g/mol. The fourth-order valence-corrected chi connectivity index (χ4v) is 12.7. The third-order valence-electron chi connectivity index (χ3n) is 19.6.